The van der Waals surface area contributed by atoms with Gasteiger partial charge in [-0.3, -0.25) is 33.7 Å². The van der Waals surface area contributed by atoms with E-state index in [9.17, 15) is 38.4 Å². The summed E-state index contributed by atoms with van der Waals surface area (Å²) in [6.07, 6.45) is 3.48. The number of carbonyl (C=O) groups excluding carboxylic acids is 8. The third-order valence-electron chi connectivity index (χ3n) is 12.5. The number of allylic oxidation sites excluding steroid dienone is 1. The highest BCUT2D eigenvalue weighted by atomic mass is 16.6. The number of piperidine rings is 1. The number of ketones is 3. The number of Topliss-reactive ketones (excluding diaryl/α,β-unsaturated/α-hetero) is 3. The Kier molecular flexibility index (Phi) is 14.7. The second-order valence-corrected chi connectivity index (χ2v) is 20.6. The summed E-state index contributed by atoms with van der Waals surface area (Å²) >= 11 is 0. The van der Waals surface area contributed by atoms with Gasteiger partial charge in [0.1, 0.15) is 12.1 Å². The number of imide groups is 1. The van der Waals surface area contributed by atoms with E-state index in [1.165, 1.54) is 9.80 Å². The fraction of sp³-hybridized carbons (Fsp3) is 0.660. The molecule has 0 bridgehead atoms. The molecule has 1 unspecified atom stereocenters. The molecule has 2 saturated heterocycles. The molecule has 2 N–H and O–H groups in total. The molecule has 3 aliphatic heterocycles. The first-order valence-corrected chi connectivity index (χ1v) is 21.9. The first-order chi connectivity index (χ1) is 28.5. The summed E-state index contributed by atoms with van der Waals surface area (Å²) in [7, 11) is 0. The number of hydrogen-bond acceptors (Lipinski definition) is 9. The largest absolute Gasteiger partial charge is 0.444 e. The first kappa shape index (κ1) is 47.2. The lowest BCUT2D eigenvalue weighted by molar-refractivity contribution is -0.153. The maximum atomic E-state index is 14.8. The molecule has 14 heteroatoms. The van der Waals surface area contributed by atoms with Crippen LogP contribution >= 0.6 is 0 Å². The molecule has 334 valence electrons. The number of amides is 6. The number of fused-ring (bicyclic) bond motifs is 1. The maximum Gasteiger partial charge on any atom is 0.410 e. The Bertz CT molecular complexity index is 1870. The van der Waals surface area contributed by atoms with E-state index in [1.54, 1.807) is 31.7 Å². The normalized spacial score (nSPS) is 21.8. The van der Waals surface area contributed by atoms with Crippen molar-refractivity contribution < 1.29 is 43.1 Å². The zero-order chi connectivity index (χ0) is 45.0. The molecule has 1 aliphatic carbocycles. The van der Waals surface area contributed by atoms with Crippen LogP contribution in [0, 0.1) is 28.1 Å². The highest BCUT2D eigenvalue weighted by Crippen LogP contribution is 2.38. The molecule has 0 aromatic heterocycles. The van der Waals surface area contributed by atoms with Crippen molar-refractivity contribution in [1.82, 2.24) is 25.3 Å². The number of carbonyl (C=O) groups is 8. The van der Waals surface area contributed by atoms with Gasteiger partial charge in [-0.1, -0.05) is 98.6 Å². The lowest BCUT2D eigenvalue weighted by atomic mass is 9.80. The van der Waals surface area contributed by atoms with Crippen LogP contribution < -0.4 is 10.6 Å². The minimum Gasteiger partial charge on any atom is -0.444 e. The van der Waals surface area contributed by atoms with Crippen LogP contribution in [0.3, 0.4) is 0 Å². The minimum absolute atomic E-state index is 0.00459. The van der Waals surface area contributed by atoms with Crippen LogP contribution in [0.4, 0.5) is 9.59 Å². The summed E-state index contributed by atoms with van der Waals surface area (Å²) < 4.78 is 6.03. The van der Waals surface area contributed by atoms with E-state index < -0.39 is 81.8 Å². The van der Waals surface area contributed by atoms with Crippen molar-refractivity contribution in [2.45, 2.75) is 150 Å². The van der Waals surface area contributed by atoms with Gasteiger partial charge in [0.25, 0.3) is 0 Å². The SMILES string of the molecule is C=CCCC(=O)C(=O)C(CC(=O)[C@@H]1C[C@@H](OC(=O)N2CCc3ccccc3C2)CN1C(=O)[C@@H](NC(=O)N[C@H](CN1C(=O)CC(C)(C)CC1=O)C(C)(C)C)C(C)(C)C)CC1CC1. The lowest BCUT2D eigenvalue weighted by Crippen LogP contribution is -2.62. The molecule has 5 rings (SSSR count). The van der Waals surface area contributed by atoms with Crippen LogP contribution in [0.2, 0.25) is 0 Å². The third kappa shape index (κ3) is 12.4. The summed E-state index contributed by atoms with van der Waals surface area (Å²) in [5.41, 5.74) is 0.217. The summed E-state index contributed by atoms with van der Waals surface area (Å²) in [6.45, 7) is 19.0. The Morgan fingerprint density at radius 3 is 2.16 bits per heavy atom. The van der Waals surface area contributed by atoms with Crippen LogP contribution in [0.25, 0.3) is 0 Å². The average molecular weight is 846 g/mol. The maximum absolute atomic E-state index is 14.8. The molecule has 1 aromatic carbocycles. The number of nitrogens with zero attached hydrogens (tertiary/aromatic N) is 3. The van der Waals surface area contributed by atoms with Gasteiger partial charge in [-0.15, -0.1) is 6.58 Å². The van der Waals surface area contributed by atoms with E-state index in [0.29, 0.717) is 32.4 Å². The predicted molar refractivity (Wildman–Crippen MR) is 229 cm³/mol. The Balaban J connectivity index is 1.37. The van der Waals surface area contributed by atoms with Gasteiger partial charge in [0.15, 0.2) is 11.6 Å². The number of rotatable bonds is 16. The van der Waals surface area contributed by atoms with E-state index in [0.717, 1.165) is 24.0 Å². The summed E-state index contributed by atoms with van der Waals surface area (Å²) in [5, 5.41) is 5.78. The van der Waals surface area contributed by atoms with Crippen molar-refractivity contribution in [1.29, 1.82) is 0 Å². The van der Waals surface area contributed by atoms with Gasteiger partial charge in [-0.2, -0.15) is 0 Å². The van der Waals surface area contributed by atoms with Crippen LogP contribution in [0.5, 0.6) is 0 Å². The fourth-order valence-electron chi connectivity index (χ4n) is 8.58. The van der Waals surface area contributed by atoms with Crippen molar-refractivity contribution in [3.63, 3.8) is 0 Å². The monoisotopic (exact) mass is 845 g/mol. The standard InChI is InChI=1S/C47H67N5O9/c1-10-11-16-35(53)40(57)32(21-29-17-18-29)22-36(54)34-23-33(61-44(60)50-20-19-30-14-12-13-15-31(30)26-50)27-51(34)42(58)41(46(5,6)7)49-43(59)48-37(45(2,3)4)28-52-38(55)24-47(8,9)25-39(52)56/h10,12-15,29,32-34,37,41H,1,11,16-28H2,2-9H3,(H2,48,49,59)/t32?,33-,34+,37-,41-/m1/s1. The molecular formula is C47H67N5O9. The van der Waals surface area contributed by atoms with Gasteiger partial charge < -0.3 is 25.2 Å². The number of ether oxygens (including phenoxy) is 1. The molecular weight excluding hydrogens is 779 g/mol. The number of benzene rings is 1. The number of likely N-dealkylation sites (tertiary alicyclic amines) is 2. The number of hydrogen-bond donors (Lipinski definition) is 2. The summed E-state index contributed by atoms with van der Waals surface area (Å²) in [4.78, 5) is 114. The molecule has 61 heavy (non-hydrogen) atoms. The number of urea groups is 1. The fourth-order valence-corrected chi connectivity index (χ4v) is 8.58. The molecule has 1 saturated carbocycles. The molecule has 5 atom stereocenters. The van der Waals surface area contributed by atoms with E-state index >= 15 is 0 Å². The molecule has 6 amide bonds. The van der Waals surface area contributed by atoms with Crippen LogP contribution in [0.15, 0.2) is 36.9 Å². The van der Waals surface area contributed by atoms with E-state index in [2.05, 4.69) is 17.2 Å². The molecule has 0 spiro atoms. The van der Waals surface area contributed by atoms with Crippen LogP contribution in [-0.4, -0.2) is 106 Å². The topological polar surface area (TPSA) is 180 Å². The Hall–Kier alpha value is -4.88. The minimum atomic E-state index is -1.18. The average Bonchev–Trinajstić information content (AvgIpc) is 3.89. The highest BCUT2D eigenvalue weighted by Gasteiger charge is 2.48. The van der Waals surface area contributed by atoms with Gasteiger partial charge in [0.05, 0.1) is 18.6 Å². The zero-order valence-corrected chi connectivity index (χ0v) is 37.5. The third-order valence-corrected chi connectivity index (χ3v) is 12.5. The van der Waals surface area contributed by atoms with Gasteiger partial charge in [0, 0.05) is 57.7 Å². The van der Waals surface area contributed by atoms with Gasteiger partial charge >= 0.3 is 12.1 Å². The van der Waals surface area contributed by atoms with Crippen molar-refractivity contribution in [3.8, 4) is 0 Å². The van der Waals surface area contributed by atoms with Crippen molar-refractivity contribution in [2.75, 3.05) is 19.6 Å². The molecule has 4 aliphatic rings. The molecule has 14 nitrogen and oxygen atoms in total. The summed E-state index contributed by atoms with van der Waals surface area (Å²) in [5.74, 6) is -3.37. The zero-order valence-electron chi connectivity index (χ0n) is 37.5. The Morgan fingerprint density at radius 2 is 1.57 bits per heavy atom. The summed E-state index contributed by atoms with van der Waals surface area (Å²) in [6, 6.07) is 4.21. The molecule has 0 radical (unpaired) electrons. The first-order valence-electron chi connectivity index (χ1n) is 21.9. The lowest BCUT2D eigenvalue weighted by Gasteiger charge is -2.40. The smallest absolute Gasteiger partial charge is 0.410 e. The van der Waals surface area contributed by atoms with Gasteiger partial charge in [-0.05, 0) is 52.6 Å². The second-order valence-electron chi connectivity index (χ2n) is 20.6. The van der Waals surface area contributed by atoms with Crippen LogP contribution in [-0.2, 0) is 46.5 Å². The Morgan fingerprint density at radius 1 is 0.934 bits per heavy atom. The van der Waals surface area contributed by atoms with E-state index in [-0.39, 0.29) is 62.9 Å². The van der Waals surface area contributed by atoms with Crippen molar-refractivity contribution >= 4 is 47.2 Å². The quantitative estimate of drug-likeness (QED) is 0.116. The second kappa shape index (κ2) is 19.0. The van der Waals surface area contributed by atoms with Crippen molar-refractivity contribution in [3.05, 3.63) is 48.0 Å². The van der Waals surface area contributed by atoms with Gasteiger partial charge in [0.2, 0.25) is 23.5 Å². The van der Waals surface area contributed by atoms with Crippen LogP contribution in [0.1, 0.15) is 124 Å². The number of nitrogens with one attached hydrogen (secondary N) is 2. The molecule has 3 fully saturated rings. The molecule has 3 heterocycles. The Labute approximate surface area is 360 Å². The molecule has 1 aromatic rings. The van der Waals surface area contributed by atoms with E-state index in [1.807, 2.05) is 58.9 Å². The predicted octanol–water partition coefficient (Wildman–Crippen LogP) is 5.93. The van der Waals surface area contributed by atoms with E-state index in [4.69, 9.17) is 4.74 Å². The van der Waals surface area contributed by atoms with Crippen molar-refractivity contribution in [2.24, 2.45) is 28.1 Å². The highest BCUT2D eigenvalue weighted by molar-refractivity contribution is 6.38. The van der Waals surface area contributed by atoms with Gasteiger partial charge in [-0.25, -0.2) is 9.59 Å².